The third-order valence-corrected chi connectivity index (χ3v) is 2.83. The number of hydrogen-bond donors (Lipinski definition) is 0. The van der Waals surface area contributed by atoms with Gasteiger partial charge in [-0.2, -0.15) is 5.26 Å². The summed E-state index contributed by atoms with van der Waals surface area (Å²) in [6.07, 6.45) is 0. The summed E-state index contributed by atoms with van der Waals surface area (Å²) in [5.74, 6) is 0.676. The van der Waals surface area contributed by atoms with Crippen molar-refractivity contribution in [3.63, 3.8) is 0 Å². The van der Waals surface area contributed by atoms with Crippen molar-refractivity contribution >= 4 is 5.95 Å². The zero-order valence-electron chi connectivity index (χ0n) is 9.80. The van der Waals surface area contributed by atoms with Crippen LogP contribution < -0.4 is 4.90 Å². The van der Waals surface area contributed by atoms with Crippen LogP contribution in [0.25, 0.3) is 0 Å². The van der Waals surface area contributed by atoms with Crippen LogP contribution in [0, 0.1) is 18.3 Å². The van der Waals surface area contributed by atoms with Gasteiger partial charge >= 0.3 is 0 Å². The highest BCUT2D eigenvalue weighted by molar-refractivity contribution is 5.39. The van der Waals surface area contributed by atoms with Crippen LogP contribution in [0.4, 0.5) is 5.95 Å². The Bertz CT molecular complexity index is 428. The number of rotatable bonds is 2. The van der Waals surface area contributed by atoms with Crippen LogP contribution in [0.15, 0.2) is 6.07 Å². The minimum Gasteiger partial charge on any atom is -0.338 e. The molecule has 16 heavy (non-hydrogen) atoms. The van der Waals surface area contributed by atoms with E-state index in [1.165, 1.54) is 0 Å². The first kappa shape index (κ1) is 10.8. The van der Waals surface area contributed by atoms with Crippen LogP contribution in [0.3, 0.4) is 0 Å². The molecule has 0 saturated carbocycles. The maximum Gasteiger partial charge on any atom is 0.226 e. The summed E-state index contributed by atoms with van der Waals surface area (Å²) in [7, 11) is 4.14. The second-order valence-corrected chi connectivity index (χ2v) is 4.33. The van der Waals surface area contributed by atoms with E-state index in [1.807, 2.05) is 6.92 Å². The molecule has 2 rings (SSSR count). The second kappa shape index (κ2) is 4.06. The smallest absolute Gasteiger partial charge is 0.226 e. The van der Waals surface area contributed by atoms with Crippen molar-refractivity contribution in [2.75, 3.05) is 32.1 Å². The van der Waals surface area contributed by atoms with E-state index in [9.17, 15) is 0 Å². The van der Waals surface area contributed by atoms with E-state index in [4.69, 9.17) is 5.26 Å². The van der Waals surface area contributed by atoms with Crippen LogP contribution in [0.1, 0.15) is 11.4 Å². The monoisotopic (exact) mass is 217 g/mol. The molecular weight excluding hydrogens is 202 g/mol. The molecule has 1 aromatic rings. The molecule has 84 valence electrons. The van der Waals surface area contributed by atoms with Gasteiger partial charge in [-0.05, 0) is 27.1 Å². The molecule has 1 saturated heterocycles. The standard InChI is InChI=1S/C11H15N5/c1-8-4-9(5-12)14-11(13-8)16-6-10(7-16)15(2)3/h4,10H,6-7H2,1-3H3. The SMILES string of the molecule is Cc1cc(C#N)nc(N2CC(N(C)C)C2)n1. The molecule has 5 nitrogen and oxygen atoms in total. The fourth-order valence-electron chi connectivity index (χ4n) is 1.70. The van der Waals surface area contributed by atoms with Gasteiger partial charge in [0, 0.05) is 24.8 Å². The zero-order valence-corrected chi connectivity index (χ0v) is 9.80. The highest BCUT2D eigenvalue weighted by Crippen LogP contribution is 2.19. The topological polar surface area (TPSA) is 56.1 Å². The van der Waals surface area contributed by atoms with E-state index in [1.54, 1.807) is 6.07 Å². The summed E-state index contributed by atoms with van der Waals surface area (Å²) in [6, 6.07) is 4.32. The Hall–Kier alpha value is -1.67. The van der Waals surface area contributed by atoms with E-state index in [-0.39, 0.29) is 0 Å². The molecule has 0 unspecified atom stereocenters. The quantitative estimate of drug-likeness (QED) is 0.718. The summed E-state index contributed by atoms with van der Waals surface area (Å²) < 4.78 is 0. The summed E-state index contributed by atoms with van der Waals surface area (Å²) in [5.41, 5.74) is 1.28. The Labute approximate surface area is 95.3 Å². The molecule has 0 spiro atoms. The van der Waals surface area contributed by atoms with Gasteiger partial charge in [0.25, 0.3) is 0 Å². The lowest BCUT2D eigenvalue weighted by Crippen LogP contribution is -2.58. The van der Waals surface area contributed by atoms with Gasteiger partial charge in [0.05, 0.1) is 0 Å². The van der Waals surface area contributed by atoms with Crippen LogP contribution in [0.5, 0.6) is 0 Å². The van der Waals surface area contributed by atoms with Gasteiger partial charge < -0.3 is 9.80 Å². The van der Waals surface area contributed by atoms with Crippen molar-refractivity contribution < 1.29 is 0 Å². The van der Waals surface area contributed by atoms with Gasteiger partial charge in [-0.1, -0.05) is 0 Å². The molecule has 1 aliphatic rings. The number of nitrogens with zero attached hydrogens (tertiary/aromatic N) is 5. The van der Waals surface area contributed by atoms with Gasteiger partial charge in [0.15, 0.2) is 0 Å². The zero-order chi connectivity index (χ0) is 11.7. The maximum absolute atomic E-state index is 8.83. The Morgan fingerprint density at radius 1 is 1.44 bits per heavy atom. The Morgan fingerprint density at radius 3 is 2.69 bits per heavy atom. The van der Waals surface area contributed by atoms with Crippen molar-refractivity contribution in [1.82, 2.24) is 14.9 Å². The first-order valence-electron chi connectivity index (χ1n) is 5.27. The Morgan fingerprint density at radius 2 is 2.12 bits per heavy atom. The lowest BCUT2D eigenvalue weighted by atomic mass is 10.1. The number of likely N-dealkylation sites (N-methyl/N-ethyl adjacent to an activating group) is 1. The number of aromatic nitrogens is 2. The lowest BCUT2D eigenvalue weighted by molar-refractivity contribution is 0.245. The van der Waals surface area contributed by atoms with Crippen molar-refractivity contribution in [2.24, 2.45) is 0 Å². The molecular formula is C11H15N5. The summed E-state index contributed by atoms with van der Waals surface area (Å²) in [6.45, 7) is 3.75. The van der Waals surface area contributed by atoms with Crippen molar-refractivity contribution in [2.45, 2.75) is 13.0 Å². The maximum atomic E-state index is 8.83. The van der Waals surface area contributed by atoms with E-state index >= 15 is 0 Å². The highest BCUT2D eigenvalue weighted by atomic mass is 15.4. The predicted molar refractivity (Wildman–Crippen MR) is 61.2 cm³/mol. The third kappa shape index (κ3) is 1.97. The van der Waals surface area contributed by atoms with Crippen LogP contribution in [-0.4, -0.2) is 48.1 Å². The highest BCUT2D eigenvalue weighted by Gasteiger charge is 2.30. The average Bonchev–Trinajstić information content (AvgIpc) is 2.13. The fourth-order valence-corrected chi connectivity index (χ4v) is 1.70. The van der Waals surface area contributed by atoms with Crippen molar-refractivity contribution in [3.8, 4) is 6.07 Å². The molecule has 1 fully saturated rings. The van der Waals surface area contributed by atoms with E-state index in [2.05, 4.69) is 39.9 Å². The summed E-state index contributed by atoms with van der Waals surface area (Å²) in [5, 5.41) is 8.83. The van der Waals surface area contributed by atoms with Gasteiger partial charge in [0.1, 0.15) is 11.8 Å². The van der Waals surface area contributed by atoms with Gasteiger partial charge in [0.2, 0.25) is 5.95 Å². The molecule has 0 N–H and O–H groups in total. The molecule has 0 atom stereocenters. The molecule has 0 amide bonds. The number of anilines is 1. The van der Waals surface area contributed by atoms with Crippen LogP contribution in [0.2, 0.25) is 0 Å². The summed E-state index contributed by atoms with van der Waals surface area (Å²) >= 11 is 0. The molecule has 0 bridgehead atoms. The number of nitriles is 1. The molecule has 0 radical (unpaired) electrons. The average molecular weight is 217 g/mol. The molecule has 1 aliphatic heterocycles. The van der Waals surface area contributed by atoms with E-state index in [0.717, 1.165) is 18.8 Å². The van der Waals surface area contributed by atoms with Gasteiger partial charge in [-0.3, -0.25) is 0 Å². The first-order valence-corrected chi connectivity index (χ1v) is 5.27. The van der Waals surface area contributed by atoms with E-state index < -0.39 is 0 Å². The van der Waals surface area contributed by atoms with Crippen molar-refractivity contribution in [1.29, 1.82) is 5.26 Å². The predicted octanol–water partition coefficient (Wildman–Crippen LogP) is 0.407. The minimum atomic E-state index is 0.441. The Kier molecular flexibility index (Phi) is 2.75. The van der Waals surface area contributed by atoms with E-state index in [0.29, 0.717) is 17.7 Å². The number of aryl methyl sites for hydroxylation is 1. The molecule has 1 aromatic heterocycles. The van der Waals surface area contributed by atoms with Gasteiger partial charge in [-0.25, -0.2) is 9.97 Å². The first-order chi connectivity index (χ1) is 7.60. The van der Waals surface area contributed by atoms with Crippen LogP contribution >= 0.6 is 0 Å². The molecule has 0 aliphatic carbocycles. The largest absolute Gasteiger partial charge is 0.338 e. The third-order valence-electron chi connectivity index (χ3n) is 2.83. The van der Waals surface area contributed by atoms with Gasteiger partial charge in [-0.15, -0.1) is 0 Å². The molecule has 0 aromatic carbocycles. The summed E-state index contributed by atoms with van der Waals surface area (Å²) in [4.78, 5) is 12.8. The Balaban J connectivity index is 2.12. The fraction of sp³-hybridized carbons (Fsp3) is 0.545. The lowest BCUT2D eigenvalue weighted by Gasteiger charge is -2.42. The number of hydrogen-bond acceptors (Lipinski definition) is 5. The van der Waals surface area contributed by atoms with Crippen molar-refractivity contribution in [3.05, 3.63) is 17.5 Å². The second-order valence-electron chi connectivity index (χ2n) is 4.33. The minimum absolute atomic E-state index is 0.441. The molecule has 2 heterocycles. The molecule has 5 heteroatoms. The normalized spacial score (nSPS) is 16.1. The van der Waals surface area contributed by atoms with Crippen LogP contribution in [-0.2, 0) is 0 Å².